The molecule has 0 aromatic heterocycles. The molecule has 0 radical (unpaired) electrons. The number of hydrogen-bond donors (Lipinski definition) is 2. The number of guanidine groups is 1. The van der Waals surface area contributed by atoms with Crippen LogP contribution in [-0.4, -0.2) is 24.7 Å². The first-order chi connectivity index (χ1) is 8.28. The summed E-state index contributed by atoms with van der Waals surface area (Å²) in [6.45, 7) is 2.79. The van der Waals surface area contributed by atoms with Gasteiger partial charge in [0.05, 0.1) is 12.1 Å². The first-order valence-electron chi connectivity index (χ1n) is 6.05. The van der Waals surface area contributed by atoms with Crippen molar-refractivity contribution < 1.29 is 4.74 Å². The van der Waals surface area contributed by atoms with Gasteiger partial charge in [-0.15, -0.1) is 0 Å². The van der Waals surface area contributed by atoms with E-state index >= 15 is 0 Å². The van der Waals surface area contributed by atoms with E-state index in [0.29, 0.717) is 18.1 Å². The Kier molecular flexibility index (Phi) is 3.98. The van der Waals surface area contributed by atoms with E-state index in [2.05, 4.69) is 10.3 Å². The summed E-state index contributed by atoms with van der Waals surface area (Å²) >= 11 is 0. The Balaban J connectivity index is 1.79. The molecule has 1 saturated carbocycles. The summed E-state index contributed by atoms with van der Waals surface area (Å²) in [4.78, 5) is 4.41. The number of rotatable bonds is 4. The number of hydrogen-bond acceptors (Lipinski definition) is 2. The molecule has 0 saturated heterocycles. The first kappa shape index (κ1) is 11.9. The van der Waals surface area contributed by atoms with Crippen molar-refractivity contribution in [3.05, 3.63) is 30.3 Å². The molecule has 0 atom stereocenters. The number of aliphatic imine (C=N–C) groups is 1. The molecule has 0 heterocycles. The number of para-hydroxylation sites is 1. The lowest BCUT2D eigenvalue weighted by atomic mass is 9.90. The zero-order valence-electron chi connectivity index (χ0n) is 10.1. The van der Waals surface area contributed by atoms with E-state index in [9.17, 15) is 0 Å². The van der Waals surface area contributed by atoms with Crippen LogP contribution >= 0.6 is 0 Å². The van der Waals surface area contributed by atoms with Crippen molar-refractivity contribution in [2.75, 3.05) is 11.9 Å². The molecule has 2 rings (SSSR count). The van der Waals surface area contributed by atoms with Crippen LogP contribution in [-0.2, 0) is 4.74 Å². The molecular weight excluding hydrogens is 214 g/mol. The number of anilines is 1. The smallest absolute Gasteiger partial charge is 0.193 e. The predicted molar refractivity (Wildman–Crippen MR) is 70.1 cm³/mol. The van der Waals surface area contributed by atoms with Gasteiger partial charge in [0.2, 0.25) is 0 Å². The van der Waals surface area contributed by atoms with Crippen molar-refractivity contribution in [2.45, 2.75) is 31.9 Å². The van der Waals surface area contributed by atoms with Gasteiger partial charge >= 0.3 is 0 Å². The molecule has 0 amide bonds. The zero-order valence-corrected chi connectivity index (χ0v) is 10.1. The van der Waals surface area contributed by atoms with Crippen LogP contribution in [0.25, 0.3) is 0 Å². The predicted octanol–water partition coefficient (Wildman–Crippen LogP) is 1.98. The maximum Gasteiger partial charge on any atom is 0.193 e. The van der Waals surface area contributed by atoms with Crippen LogP contribution in [0, 0.1) is 0 Å². The van der Waals surface area contributed by atoms with E-state index in [1.54, 1.807) is 0 Å². The maximum absolute atomic E-state index is 5.83. The fourth-order valence-corrected chi connectivity index (χ4v) is 1.91. The molecule has 1 aliphatic rings. The second-order valence-corrected chi connectivity index (χ2v) is 4.21. The number of benzene rings is 1. The van der Waals surface area contributed by atoms with Gasteiger partial charge in [0, 0.05) is 12.3 Å². The Hall–Kier alpha value is -1.55. The molecule has 3 N–H and O–H groups in total. The number of nitrogens with zero attached hydrogens (tertiary/aromatic N) is 1. The number of nitrogens with two attached hydrogens (primary N) is 1. The molecule has 0 unspecified atom stereocenters. The average Bonchev–Trinajstić information content (AvgIpc) is 2.27. The number of nitrogens with one attached hydrogen (secondary N) is 1. The Labute approximate surface area is 102 Å². The first-order valence-corrected chi connectivity index (χ1v) is 6.05. The van der Waals surface area contributed by atoms with Crippen LogP contribution in [0.2, 0.25) is 0 Å². The standard InChI is InChI=1S/C13H19N3O/c1-2-17-12-8-11(9-12)16-13(14)15-10-6-4-3-5-7-10/h3-7,11-12H,2,8-9H2,1H3,(H3,14,15,16). The summed E-state index contributed by atoms with van der Waals surface area (Å²) in [5, 5.41) is 3.07. The fourth-order valence-electron chi connectivity index (χ4n) is 1.91. The van der Waals surface area contributed by atoms with Gasteiger partial charge in [-0.2, -0.15) is 0 Å². The van der Waals surface area contributed by atoms with Gasteiger partial charge in [-0.1, -0.05) is 18.2 Å². The summed E-state index contributed by atoms with van der Waals surface area (Å²) < 4.78 is 5.48. The van der Waals surface area contributed by atoms with Crippen LogP contribution in [0.15, 0.2) is 35.3 Å². The maximum atomic E-state index is 5.83. The summed E-state index contributed by atoms with van der Waals surface area (Å²) in [5.74, 6) is 0.483. The summed E-state index contributed by atoms with van der Waals surface area (Å²) in [6, 6.07) is 10.1. The Bertz CT molecular complexity index is 372. The quantitative estimate of drug-likeness (QED) is 0.617. The van der Waals surface area contributed by atoms with Gasteiger partial charge in [-0.25, -0.2) is 4.99 Å². The van der Waals surface area contributed by atoms with Crippen molar-refractivity contribution in [2.24, 2.45) is 10.7 Å². The topological polar surface area (TPSA) is 59.6 Å². The van der Waals surface area contributed by atoms with Crippen molar-refractivity contribution >= 4 is 11.6 Å². The van der Waals surface area contributed by atoms with Gasteiger partial charge in [0.15, 0.2) is 5.96 Å². The lowest BCUT2D eigenvalue weighted by Gasteiger charge is -2.32. The normalized spacial score (nSPS) is 24.2. The van der Waals surface area contributed by atoms with Crippen LogP contribution in [0.4, 0.5) is 5.69 Å². The third kappa shape index (κ3) is 3.46. The summed E-state index contributed by atoms with van der Waals surface area (Å²) in [6.07, 6.45) is 2.33. The minimum absolute atomic E-state index is 0.308. The molecule has 92 valence electrons. The monoisotopic (exact) mass is 233 g/mol. The molecule has 17 heavy (non-hydrogen) atoms. The lowest BCUT2D eigenvalue weighted by Crippen LogP contribution is -2.37. The molecule has 1 aromatic rings. The largest absolute Gasteiger partial charge is 0.378 e. The Morgan fingerprint density at radius 3 is 2.76 bits per heavy atom. The van der Waals surface area contributed by atoms with E-state index in [1.807, 2.05) is 37.3 Å². The fraction of sp³-hybridized carbons (Fsp3) is 0.462. The third-order valence-corrected chi connectivity index (χ3v) is 2.84. The van der Waals surface area contributed by atoms with Gasteiger partial charge in [-0.3, -0.25) is 0 Å². The average molecular weight is 233 g/mol. The molecule has 4 heteroatoms. The van der Waals surface area contributed by atoms with Gasteiger partial charge in [0.1, 0.15) is 0 Å². The summed E-state index contributed by atoms with van der Waals surface area (Å²) in [5.41, 5.74) is 6.80. The van der Waals surface area contributed by atoms with Crippen LogP contribution in [0.5, 0.6) is 0 Å². The van der Waals surface area contributed by atoms with Crippen molar-refractivity contribution in [1.82, 2.24) is 0 Å². The minimum atomic E-state index is 0.308. The second-order valence-electron chi connectivity index (χ2n) is 4.21. The van der Waals surface area contributed by atoms with E-state index in [0.717, 1.165) is 25.1 Å². The van der Waals surface area contributed by atoms with Crippen LogP contribution < -0.4 is 11.1 Å². The Morgan fingerprint density at radius 1 is 1.41 bits per heavy atom. The molecule has 0 spiro atoms. The van der Waals surface area contributed by atoms with E-state index < -0.39 is 0 Å². The molecule has 1 aromatic carbocycles. The van der Waals surface area contributed by atoms with E-state index in [4.69, 9.17) is 10.5 Å². The lowest BCUT2D eigenvalue weighted by molar-refractivity contribution is -0.000701. The molecule has 0 bridgehead atoms. The van der Waals surface area contributed by atoms with Crippen molar-refractivity contribution in [3.8, 4) is 0 Å². The molecular formula is C13H19N3O. The van der Waals surface area contributed by atoms with E-state index in [1.165, 1.54) is 0 Å². The van der Waals surface area contributed by atoms with Gasteiger partial charge in [0.25, 0.3) is 0 Å². The van der Waals surface area contributed by atoms with Gasteiger partial charge < -0.3 is 15.8 Å². The zero-order chi connectivity index (χ0) is 12.1. The molecule has 4 nitrogen and oxygen atoms in total. The van der Waals surface area contributed by atoms with Crippen molar-refractivity contribution in [1.29, 1.82) is 0 Å². The SMILES string of the molecule is CCOC1CC(N=C(N)Nc2ccccc2)C1. The third-order valence-electron chi connectivity index (χ3n) is 2.84. The van der Waals surface area contributed by atoms with Gasteiger partial charge in [-0.05, 0) is 31.9 Å². The highest BCUT2D eigenvalue weighted by molar-refractivity contribution is 5.92. The highest BCUT2D eigenvalue weighted by Gasteiger charge is 2.29. The molecule has 1 aliphatic carbocycles. The Morgan fingerprint density at radius 2 is 2.12 bits per heavy atom. The number of ether oxygens (including phenoxy) is 1. The molecule has 1 fully saturated rings. The molecule has 0 aliphatic heterocycles. The highest BCUT2D eigenvalue weighted by Crippen LogP contribution is 2.26. The van der Waals surface area contributed by atoms with E-state index in [-0.39, 0.29) is 0 Å². The van der Waals surface area contributed by atoms with Crippen LogP contribution in [0.1, 0.15) is 19.8 Å². The minimum Gasteiger partial charge on any atom is -0.378 e. The second kappa shape index (κ2) is 5.68. The van der Waals surface area contributed by atoms with Crippen LogP contribution in [0.3, 0.4) is 0 Å². The van der Waals surface area contributed by atoms with Crippen molar-refractivity contribution in [3.63, 3.8) is 0 Å². The highest BCUT2D eigenvalue weighted by atomic mass is 16.5. The summed E-state index contributed by atoms with van der Waals surface area (Å²) in [7, 11) is 0.